The van der Waals surface area contributed by atoms with Crippen LogP contribution < -0.4 is 10.6 Å². The van der Waals surface area contributed by atoms with Gasteiger partial charge in [0.2, 0.25) is 0 Å². The number of hydrogen-bond donors (Lipinski definition) is 3. The van der Waals surface area contributed by atoms with E-state index < -0.39 is 18.0 Å². The average Bonchev–Trinajstić information content (AvgIpc) is 2.26. The zero-order valence-corrected chi connectivity index (χ0v) is 12.2. The Bertz CT molecular complexity index is 282. The Labute approximate surface area is 114 Å². The van der Waals surface area contributed by atoms with Crippen molar-refractivity contribution in [1.82, 2.24) is 10.6 Å². The van der Waals surface area contributed by atoms with E-state index in [1.54, 1.807) is 7.11 Å². The van der Waals surface area contributed by atoms with Crippen LogP contribution in [0.25, 0.3) is 0 Å². The summed E-state index contributed by atoms with van der Waals surface area (Å²) in [6, 6.07) is -1.28. The first-order valence-corrected chi connectivity index (χ1v) is 6.65. The van der Waals surface area contributed by atoms with E-state index in [0.717, 1.165) is 6.42 Å². The molecule has 0 radical (unpaired) electrons. The Morgan fingerprint density at radius 1 is 1.21 bits per heavy atom. The normalized spacial score (nSPS) is 13.9. The van der Waals surface area contributed by atoms with Crippen molar-refractivity contribution in [3.05, 3.63) is 0 Å². The molecule has 2 unspecified atom stereocenters. The summed E-state index contributed by atoms with van der Waals surface area (Å²) >= 11 is 0. The molecule has 3 N–H and O–H groups in total. The zero-order chi connectivity index (χ0) is 14.8. The Morgan fingerprint density at radius 2 is 1.84 bits per heavy atom. The number of hydrogen-bond acceptors (Lipinski definition) is 3. The molecule has 0 rings (SSSR count). The molecule has 19 heavy (non-hydrogen) atoms. The number of urea groups is 1. The minimum Gasteiger partial charge on any atom is -0.480 e. The molecule has 0 aliphatic heterocycles. The van der Waals surface area contributed by atoms with Gasteiger partial charge in [0.15, 0.2) is 0 Å². The second-order valence-electron chi connectivity index (χ2n) is 5.17. The summed E-state index contributed by atoms with van der Waals surface area (Å²) in [5.41, 5.74) is 0. The molecule has 6 nitrogen and oxygen atoms in total. The van der Waals surface area contributed by atoms with Crippen LogP contribution in [0.3, 0.4) is 0 Å². The topological polar surface area (TPSA) is 87.7 Å². The molecule has 0 heterocycles. The molecular weight excluding hydrogens is 248 g/mol. The second kappa shape index (κ2) is 9.61. The molecule has 0 bridgehead atoms. The first-order chi connectivity index (χ1) is 8.86. The number of carbonyl (C=O) groups is 2. The lowest BCUT2D eigenvalue weighted by atomic mass is 10.1. The monoisotopic (exact) mass is 274 g/mol. The number of aliphatic carboxylic acids is 1. The number of rotatable bonds is 9. The van der Waals surface area contributed by atoms with Gasteiger partial charge in [0.05, 0.1) is 0 Å². The van der Waals surface area contributed by atoms with Gasteiger partial charge < -0.3 is 20.5 Å². The number of carbonyl (C=O) groups excluding carboxylic acids is 1. The lowest BCUT2D eigenvalue weighted by Gasteiger charge is -2.19. The number of ether oxygens (including phenoxy) is 1. The van der Waals surface area contributed by atoms with E-state index >= 15 is 0 Å². The standard InChI is InChI=1S/C13H26N2O4/c1-9(2)8-10(3)14-13(18)15-11(12(16)17)6-5-7-19-4/h9-11H,5-8H2,1-4H3,(H,16,17)(H2,14,15,18). The summed E-state index contributed by atoms with van der Waals surface area (Å²) in [7, 11) is 1.56. The van der Waals surface area contributed by atoms with Crippen LogP contribution in [0, 0.1) is 5.92 Å². The van der Waals surface area contributed by atoms with Crippen molar-refractivity contribution in [2.24, 2.45) is 5.92 Å². The molecule has 0 aliphatic rings. The number of methoxy groups -OCH3 is 1. The Kier molecular flexibility index (Phi) is 8.95. The molecular formula is C13H26N2O4. The van der Waals surface area contributed by atoms with Gasteiger partial charge in [-0.05, 0) is 32.1 Å². The summed E-state index contributed by atoms with van der Waals surface area (Å²) in [5, 5.41) is 14.2. The lowest BCUT2D eigenvalue weighted by molar-refractivity contribution is -0.139. The van der Waals surface area contributed by atoms with E-state index in [9.17, 15) is 9.59 Å². The number of amides is 2. The van der Waals surface area contributed by atoms with Crippen molar-refractivity contribution in [3.63, 3.8) is 0 Å². The summed E-state index contributed by atoms with van der Waals surface area (Å²) < 4.78 is 4.86. The molecule has 0 aliphatic carbocycles. The fraction of sp³-hybridized carbons (Fsp3) is 0.846. The first kappa shape index (κ1) is 17.7. The smallest absolute Gasteiger partial charge is 0.326 e. The van der Waals surface area contributed by atoms with E-state index in [0.29, 0.717) is 25.4 Å². The van der Waals surface area contributed by atoms with E-state index in [-0.39, 0.29) is 6.04 Å². The molecule has 0 aromatic heterocycles. The van der Waals surface area contributed by atoms with Gasteiger partial charge in [-0.3, -0.25) is 0 Å². The largest absolute Gasteiger partial charge is 0.480 e. The minimum absolute atomic E-state index is 0.0217. The minimum atomic E-state index is -1.03. The van der Waals surface area contributed by atoms with Crippen molar-refractivity contribution in [2.75, 3.05) is 13.7 Å². The first-order valence-electron chi connectivity index (χ1n) is 6.65. The summed E-state index contributed by atoms with van der Waals surface area (Å²) in [5.74, 6) is -0.546. The maximum Gasteiger partial charge on any atom is 0.326 e. The highest BCUT2D eigenvalue weighted by molar-refractivity contribution is 5.82. The Morgan fingerprint density at radius 3 is 2.32 bits per heavy atom. The Balaban J connectivity index is 4.12. The van der Waals surface area contributed by atoms with Crippen LogP contribution in [0.2, 0.25) is 0 Å². The fourth-order valence-electron chi connectivity index (χ4n) is 1.88. The van der Waals surface area contributed by atoms with Gasteiger partial charge in [0, 0.05) is 19.8 Å². The van der Waals surface area contributed by atoms with Gasteiger partial charge in [0.1, 0.15) is 6.04 Å². The van der Waals surface area contributed by atoms with Crippen molar-refractivity contribution >= 4 is 12.0 Å². The van der Waals surface area contributed by atoms with Crippen LogP contribution in [0.15, 0.2) is 0 Å². The van der Waals surface area contributed by atoms with E-state index in [1.165, 1.54) is 0 Å². The molecule has 0 saturated carbocycles. The predicted molar refractivity (Wildman–Crippen MR) is 73.1 cm³/mol. The fourth-order valence-corrected chi connectivity index (χ4v) is 1.88. The van der Waals surface area contributed by atoms with Gasteiger partial charge in [-0.25, -0.2) is 9.59 Å². The SMILES string of the molecule is COCCCC(NC(=O)NC(C)CC(C)C)C(=O)O. The van der Waals surface area contributed by atoms with Crippen LogP contribution in [0.1, 0.15) is 40.0 Å². The second-order valence-corrected chi connectivity index (χ2v) is 5.17. The van der Waals surface area contributed by atoms with Crippen molar-refractivity contribution < 1.29 is 19.4 Å². The van der Waals surface area contributed by atoms with Crippen molar-refractivity contribution in [1.29, 1.82) is 0 Å². The van der Waals surface area contributed by atoms with Crippen molar-refractivity contribution in [3.8, 4) is 0 Å². The third-order valence-electron chi connectivity index (χ3n) is 2.65. The number of carboxylic acid groups (broad SMARTS) is 1. The molecule has 2 atom stereocenters. The van der Waals surface area contributed by atoms with Crippen LogP contribution in [-0.4, -0.2) is 42.9 Å². The molecule has 0 aromatic rings. The molecule has 112 valence electrons. The maximum atomic E-state index is 11.7. The van der Waals surface area contributed by atoms with E-state index in [4.69, 9.17) is 9.84 Å². The molecule has 6 heteroatoms. The van der Waals surface area contributed by atoms with Crippen LogP contribution in [0.5, 0.6) is 0 Å². The molecule has 0 aromatic carbocycles. The van der Waals surface area contributed by atoms with Gasteiger partial charge in [0.25, 0.3) is 0 Å². The van der Waals surface area contributed by atoms with Crippen LogP contribution in [-0.2, 0) is 9.53 Å². The van der Waals surface area contributed by atoms with Gasteiger partial charge in [-0.1, -0.05) is 13.8 Å². The summed E-state index contributed by atoms with van der Waals surface area (Å²) in [4.78, 5) is 22.7. The highest BCUT2D eigenvalue weighted by Gasteiger charge is 2.20. The van der Waals surface area contributed by atoms with Crippen LogP contribution in [0.4, 0.5) is 4.79 Å². The number of nitrogens with one attached hydrogen (secondary N) is 2. The summed E-state index contributed by atoms with van der Waals surface area (Å²) in [6.07, 6.45) is 1.80. The third-order valence-corrected chi connectivity index (χ3v) is 2.65. The number of carboxylic acids is 1. The zero-order valence-electron chi connectivity index (χ0n) is 12.2. The predicted octanol–water partition coefficient (Wildman–Crippen LogP) is 1.60. The molecule has 2 amide bonds. The summed E-state index contributed by atoms with van der Waals surface area (Å²) in [6.45, 7) is 6.53. The van der Waals surface area contributed by atoms with E-state index in [2.05, 4.69) is 24.5 Å². The van der Waals surface area contributed by atoms with E-state index in [1.807, 2.05) is 6.92 Å². The van der Waals surface area contributed by atoms with Crippen molar-refractivity contribution in [2.45, 2.75) is 52.1 Å². The van der Waals surface area contributed by atoms with Gasteiger partial charge in [-0.2, -0.15) is 0 Å². The molecule has 0 saturated heterocycles. The average molecular weight is 274 g/mol. The molecule has 0 fully saturated rings. The van der Waals surface area contributed by atoms with Gasteiger partial charge >= 0.3 is 12.0 Å². The highest BCUT2D eigenvalue weighted by Crippen LogP contribution is 2.04. The third kappa shape index (κ3) is 9.30. The van der Waals surface area contributed by atoms with Gasteiger partial charge in [-0.15, -0.1) is 0 Å². The lowest BCUT2D eigenvalue weighted by Crippen LogP contribution is -2.48. The molecule has 0 spiro atoms. The Hall–Kier alpha value is -1.30. The quantitative estimate of drug-likeness (QED) is 0.557. The van der Waals surface area contributed by atoms with Crippen LogP contribution >= 0.6 is 0 Å². The highest BCUT2D eigenvalue weighted by atomic mass is 16.5. The maximum absolute atomic E-state index is 11.7.